The monoisotopic (exact) mass is 252 g/mol. The van der Waals surface area contributed by atoms with Gasteiger partial charge in [-0.05, 0) is 18.1 Å². The minimum atomic E-state index is 0.399. The van der Waals surface area contributed by atoms with Crippen LogP contribution in [-0.4, -0.2) is 14.8 Å². The van der Waals surface area contributed by atoms with Gasteiger partial charge in [0.25, 0.3) is 0 Å². The van der Waals surface area contributed by atoms with Crippen LogP contribution in [0.2, 0.25) is 0 Å². The SMILES string of the molecule is CC(C)c1ccn(-c2c(N)cnc3ccccc23)n1. The maximum Gasteiger partial charge on any atom is 0.0984 e. The van der Waals surface area contributed by atoms with E-state index in [0.717, 1.165) is 22.3 Å². The highest BCUT2D eigenvalue weighted by Crippen LogP contribution is 2.26. The van der Waals surface area contributed by atoms with Crippen molar-refractivity contribution in [3.8, 4) is 5.69 Å². The number of para-hydroxylation sites is 1. The number of hydrogen-bond donors (Lipinski definition) is 1. The highest BCUT2D eigenvalue weighted by Gasteiger charge is 2.11. The van der Waals surface area contributed by atoms with Gasteiger partial charge in [-0.1, -0.05) is 32.0 Å². The predicted molar refractivity (Wildman–Crippen MR) is 77.4 cm³/mol. The molecule has 0 unspecified atom stereocenters. The third-order valence-corrected chi connectivity index (χ3v) is 3.21. The van der Waals surface area contributed by atoms with Gasteiger partial charge in [-0.25, -0.2) is 4.68 Å². The molecule has 19 heavy (non-hydrogen) atoms. The Morgan fingerprint density at radius 2 is 1.95 bits per heavy atom. The molecule has 4 heteroatoms. The van der Waals surface area contributed by atoms with Gasteiger partial charge >= 0.3 is 0 Å². The molecule has 0 aliphatic heterocycles. The summed E-state index contributed by atoms with van der Waals surface area (Å²) in [5, 5.41) is 5.61. The van der Waals surface area contributed by atoms with Gasteiger partial charge in [0, 0.05) is 11.6 Å². The van der Waals surface area contributed by atoms with Crippen molar-refractivity contribution in [2.45, 2.75) is 19.8 Å². The summed E-state index contributed by atoms with van der Waals surface area (Å²) in [6, 6.07) is 9.98. The second-order valence-corrected chi connectivity index (χ2v) is 4.92. The molecule has 0 spiro atoms. The van der Waals surface area contributed by atoms with Crippen LogP contribution in [0.15, 0.2) is 42.7 Å². The molecular formula is C15H16N4. The molecule has 1 aromatic carbocycles. The lowest BCUT2D eigenvalue weighted by atomic mass is 10.1. The maximum absolute atomic E-state index is 6.08. The van der Waals surface area contributed by atoms with Crippen molar-refractivity contribution in [1.29, 1.82) is 0 Å². The number of aromatic nitrogens is 3. The summed E-state index contributed by atoms with van der Waals surface area (Å²) >= 11 is 0. The lowest BCUT2D eigenvalue weighted by Gasteiger charge is -2.09. The van der Waals surface area contributed by atoms with Crippen LogP contribution in [0.5, 0.6) is 0 Å². The van der Waals surface area contributed by atoms with Gasteiger partial charge in [0.05, 0.1) is 28.8 Å². The van der Waals surface area contributed by atoms with E-state index in [9.17, 15) is 0 Å². The van der Waals surface area contributed by atoms with E-state index in [1.807, 2.05) is 41.2 Å². The number of nitrogen functional groups attached to an aromatic ring is 1. The van der Waals surface area contributed by atoms with Crippen LogP contribution in [0.25, 0.3) is 16.6 Å². The van der Waals surface area contributed by atoms with Gasteiger partial charge in [0.1, 0.15) is 0 Å². The maximum atomic E-state index is 6.08. The highest BCUT2D eigenvalue weighted by atomic mass is 15.3. The minimum Gasteiger partial charge on any atom is -0.396 e. The van der Waals surface area contributed by atoms with E-state index in [1.165, 1.54) is 0 Å². The number of nitrogens with zero attached hydrogens (tertiary/aromatic N) is 3. The van der Waals surface area contributed by atoms with E-state index in [1.54, 1.807) is 6.20 Å². The van der Waals surface area contributed by atoms with E-state index < -0.39 is 0 Å². The van der Waals surface area contributed by atoms with Crippen LogP contribution in [0, 0.1) is 0 Å². The molecule has 0 aliphatic carbocycles. The van der Waals surface area contributed by atoms with E-state index >= 15 is 0 Å². The first kappa shape index (κ1) is 11.7. The first-order valence-corrected chi connectivity index (χ1v) is 6.36. The fraction of sp³-hybridized carbons (Fsp3) is 0.200. The number of anilines is 1. The Kier molecular flexibility index (Phi) is 2.71. The van der Waals surface area contributed by atoms with Crippen molar-refractivity contribution in [2.24, 2.45) is 0 Å². The molecule has 0 fully saturated rings. The van der Waals surface area contributed by atoms with Crippen molar-refractivity contribution < 1.29 is 0 Å². The zero-order valence-electron chi connectivity index (χ0n) is 11.0. The zero-order valence-corrected chi connectivity index (χ0v) is 11.0. The number of fused-ring (bicyclic) bond motifs is 1. The summed E-state index contributed by atoms with van der Waals surface area (Å²) in [6.07, 6.45) is 3.64. The Labute approximate surface area is 111 Å². The number of benzene rings is 1. The van der Waals surface area contributed by atoms with Crippen molar-refractivity contribution in [2.75, 3.05) is 5.73 Å². The summed E-state index contributed by atoms with van der Waals surface area (Å²) in [5.74, 6) is 0.399. The van der Waals surface area contributed by atoms with E-state index in [-0.39, 0.29) is 0 Å². The van der Waals surface area contributed by atoms with Crippen molar-refractivity contribution in [3.05, 3.63) is 48.4 Å². The molecule has 0 saturated carbocycles. The van der Waals surface area contributed by atoms with Crippen LogP contribution in [0.3, 0.4) is 0 Å². The highest BCUT2D eigenvalue weighted by molar-refractivity contribution is 5.91. The summed E-state index contributed by atoms with van der Waals surface area (Å²) < 4.78 is 1.84. The average molecular weight is 252 g/mol. The molecule has 0 amide bonds. The quantitative estimate of drug-likeness (QED) is 0.762. The summed E-state index contributed by atoms with van der Waals surface area (Å²) in [6.45, 7) is 4.25. The Morgan fingerprint density at radius 3 is 2.68 bits per heavy atom. The van der Waals surface area contributed by atoms with Crippen molar-refractivity contribution in [3.63, 3.8) is 0 Å². The van der Waals surface area contributed by atoms with Crippen LogP contribution in [-0.2, 0) is 0 Å². The lowest BCUT2D eigenvalue weighted by Crippen LogP contribution is -2.03. The fourth-order valence-electron chi connectivity index (χ4n) is 2.17. The third kappa shape index (κ3) is 1.95. The van der Waals surface area contributed by atoms with E-state index in [4.69, 9.17) is 5.73 Å². The zero-order chi connectivity index (χ0) is 13.4. The van der Waals surface area contributed by atoms with Gasteiger partial charge in [-0.2, -0.15) is 5.10 Å². The lowest BCUT2D eigenvalue weighted by molar-refractivity contribution is 0.771. The van der Waals surface area contributed by atoms with Crippen molar-refractivity contribution >= 4 is 16.6 Å². The largest absolute Gasteiger partial charge is 0.396 e. The van der Waals surface area contributed by atoms with Crippen LogP contribution in [0.1, 0.15) is 25.5 Å². The van der Waals surface area contributed by atoms with E-state index in [2.05, 4.69) is 23.9 Å². The van der Waals surface area contributed by atoms with Crippen LogP contribution < -0.4 is 5.73 Å². The number of rotatable bonds is 2. The van der Waals surface area contributed by atoms with Gasteiger partial charge in [0.2, 0.25) is 0 Å². The Balaban J connectivity index is 2.25. The fourth-order valence-corrected chi connectivity index (χ4v) is 2.17. The van der Waals surface area contributed by atoms with Gasteiger partial charge in [-0.3, -0.25) is 4.98 Å². The minimum absolute atomic E-state index is 0.399. The van der Waals surface area contributed by atoms with Crippen LogP contribution >= 0.6 is 0 Å². The molecule has 0 radical (unpaired) electrons. The van der Waals surface area contributed by atoms with E-state index in [0.29, 0.717) is 11.6 Å². The molecule has 0 saturated heterocycles. The number of hydrogen-bond acceptors (Lipinski definition) is 3. The predicted octanol–water partition coefficient (Wildman–Crippen LogP) is 3.13. The third-order valence-electron chi connectivity index (χ3n) is 3.21. The Bertz CT molecular complexity index is 728. The molecule has 96 valence electrons. The number of pyridine rings is 1. The first-order chi connectivity index (χ1) is 9.16. The Hall–Kier alpha value is -2.36. The molecule has 2 N–H and O–H groups in total. The standard InChI is InChI=1S/C15H16N4/c1-10(2)13-7-8-19(18-13)15-11-5-3-4-6-14(11)17-9-12(15)16/h3-10H,16H2,1-2H3. The molecule has 2 heterocycles. The summed E-state index contributed by atoms with van der Waals surface area (Å²) in [4.78, 5) is 4.34. The molecule has 0 atom stereocenters. The smallest absolute Gasteiger partial charge is 0.0984 e. The topological polar surface area (TPSA) is 56.7 Å². The molecule has 2 aromatic heterocycles. The molecular weight excluding hydrogens is 236 g/mol. The molecule has 0 aliphatic rings. The van der Waals surface area contributed by atoms with Gasteiger partial charge in [-0.15, -0.1) is 0 Å². The second-order valence-electron chi connectivity index (χ2n) is 4.92. The second kappa shape index (κ2) is 4.39. The summed E-state index contributed by atoms with van der Waals surface area (Å²) in [5.41, 5.74) is 9.60. The molecule has 3 rings (SSSR count). The first-order valence-electron chi connectivity index (χ1n) is 6.36. The van der Waals surface area contributed by atoms with Crippen LogP contribution in [0.4, 0.5) is 5.69 Å². The molecule has 0 bridgehead atoms. The molecule has 4 nitrogen and oxygen atoms in total. The normalized spacial score (nSPS) is 11.3. The van der Waals surface area contributed by atoms with Crippen molar-refractivity contribution in [1.82, 2.24) is 14.8 Å². The Morgan fingerprint density at radius 1 is 1.16 bits per heavy atom. The number of nitrogens with two attached hydrogens (primary N) is 1. The van der Waals surface area contributed by atoms with Gasteiger partial charge < -0.3 is 5.73 Å². The average Bonchev–Trinajstić information content (AvgIpc) is 2.88. The summed E-state index contributed by atoms with van der Waals surface area (Å²) in [7, 11) is 0. The van der Waals surface area contributed by atoms with Gasteiger partial charge in [0.15, 0.2) is 0 Å². The molecule has 3 aromatic rings.